The number of aliphatic hydroxyl groups excluding tert-OH is 1. The molecule has 3 amide bonds. The quantitative estimate of drug-likeness (QED) is 0.670. The molecule has 2 N–H and O–H groups in total. The fourth-order valence-corrected chi connectivity index (χ4v) is 5.56. The van der Waals surface area contributed by atoms with E-state index < -0.39 is 30.0 Å². The maximum atomic E-state index is 13.2. The lowest BCUT2D eigenvalue weighted by atomic mass is 9.90. The molecule has 3 heterocycles. The third-order valence-corrected chi connectivity index (χ3v) is 8.05. The summed E-state index contributed by atoms with van der Waals surface area (Å²) in [6.07, 6.45) is -1.45. The number of benzene rings is 1. The Morgan fingerprint density at radius 3 is 2.71 bits per heavy atom. The number of urea groups is 1. The number of anilines is 1. The Bertz CT molecular complexity index is 986. The lowest BCUT2D eigenvalue weighted by molar-refractivity contribution is -0.150. The Kier molecular flexibility index (Phi) is 6.21. The van der Waals surface area contributed by atoms with Gasteiger partial charge in [0.25, 0.3) is 0 Å². The average Bonchev–Trinajstić information content (AvgIpc) is 3.48. The number of nitrogens with one attached hydrogen (secondary N) is 1. The topological polar surface area (TPSA) is 85.4 Å². The number of hydrogen-bond donors (Lipinski definition) is 2. The van der Waals surface area contributed by atoms with E-state index in [9.17, 15) is 27.9 Å². The summed E-state index contributed by atoms with van der Waals surface area (Å²) >= 11 is 0. The molecule has 3 saturated heterocycles. The molecule has 0 aromatic heterocycles. The molecule has 4 fully saturated rings. The van der Waals surface area contributed by atoms with Gasteiger partial charge in [-0.2, -0.15) is 13.2 Å². The van der Waals surface area contributed by atoms with Crippen LogP contribution in [0.2, 0.25) is 0 Å². The highest BCUT2D eigenvalue weighted by Crippen LogP contribution is 2.53. The summed E-state index contributed by atoms with van der Waals surface area (Å²) in [5.74, 6) is -0.237. The molecule has 1 spiro atoms. The van der Waals surface area contributed by atoms with E-state index in [0.29, 0.717) is 19.6 Å². The van der Waals surface area contributed by atoms with Gasteiger partial charge in [0.2, 0.25) is 5.91 Å². The first kappa shape index (κ1) is 24.3. The molecule has 1 unspecified atom stereocenters. The lowest BCUT2D eigenvalue weighted by Crippen LogP contribution is -2.63. The summed E-state index contributed by atoms with van der Waals surface area (Å²) in [5, 5.41) is 12.9. The number of carbonyl (C=O) groups excluding carboxylic acids is 2. The van der Waals surface area contributed by atoms with Crippen molar-refractivity contribution in [3.8, 4) is 0 Å². The first-order valence-electron chi connectivity index (χ1n) is 12.2. The number of halogens is 3. The minimum absolute atomic E-state index is 0.00816. The van der Waals surface area contributed by atoms with Crippen molar-refractivity contribution in [2.75, 3.05) is 38.1 Å². The molecule has 35 heavy (non-hydrogen) atoms. The summed E-state index contributed by atoms with van der Waals surface area (Å²) < 4.78 is 44.8. The maximum Gasteiger partial charge on any atom is 0.416 e. The van der Waals surface area contributed by atoms with E-state index in [-0.39, 0.29) is 35.7 Å². The Hall–Kier alpha value is -2.37. The zero-order valence-corrected chi connectivity index (χ0v) is 19.6. The third kappa shape index (κ3) is 4.73. The number of aliphatic hydroxyl groups is 1. The van der Waals surface area contributed by atoms with E-state index >= 15 is 0 Å². The van der Waals surface area contributed by atoms with Gasteiger partial charge in [-0.05, 0) is 62.8 Å². The van der Waals surface area contributed by atoms with Crippen LogP contribution in [0.5, 0.6) is 0 Å². The van der Waals surface area contributed by atoms with Crippen LogP contribution in [0.1, 0.15) is 38.2 Å². The number of fused-ring (bicyclic) bond motifs is 1. The number of rotatable bonds is 4. The van der Waals surface area contributed by atoms with E-state index in [1.807, 2.05) is 0 Å². The van der Waals surface area contributed by atoms with Crippen molar-refractivity contribution in [1.29, 1.82) is 0 Å². The number of alkyl halides is 3. The molecular formula is C24H31F3N4O4. The van der Waals surface area contributed by atoms with Gasteiger partial charge in [-0.3, -0.25) is 4.79 Å². The van der Waals surface area contributed by atoms with Gasteiger partial charge in [-0.25, -0.2) is 4.79 Å². The standard InChI is InChI=1S/C24H31F3N4O4/c1-15-21(33)31-18(5-9-29-10-8-23(6-7-23)19(32)12-29)14-35-20(31)13-30(15)22(34)28-17-4-2-3-16(11-17)24(25,26)27/h2-4,11,15,18-20,32H,5-10,12-14H2,1H3,(H,28,34)/t15-,18-,19+,20?/m0/s1. The average molecular weight is 497 g/mol. The summed E-state index contributed by atoms with van der Waals surface area (Å²) in [5.41, 5.74) is -0.706. The number of amides is 3. The molecule has 4 aliphatic rings. The smallest absolute Gasteiger partial charge is 0.391 e. The van der Waals surface area contributed by atoms with Gasteiger partial charge in [0, 0.05) is 18.8 Å². The predicted octanol–water partition coefficient (Wildman–Crippen LogP) is 2.73. The van der Waals surface area contributed by atoms with Crippen molar-refractivity contribution in [3.63, 3.8) is 0 Å². The number of ether oxygens (including phenoxy) is 1. The van der Waals surface area contributed by atoms with Crippen LogP contribution in [-0.4, -0.2) is 88.9 Å². The van der Waals surface area contributed by atoms with Gasteiger partial charge < -0.3 is 29.9 Å². The van der Waals surface area contributed by atoms with Crippen molar-refractivity contribution in [2.45, 2.75) is 63.2 Å². The van der Waals surface area contributed by atoms with Crippen LogP contribution >= 0.6 is 0 Å². The molecule has 0 bridgehead atoms. The molecule has 1 saturated carbocycles. The number of β-amino-alcohol motifs (C(OH)–C–C–N with tert-alkyl or cyclic N) is 1. The molecular weight excluding hydrogens is 465 g/mol. The Morgan fingerprint density at radius 2 is 2.03 bits per heavy atom. The van der Waals surface area contributed by atoms with E-state index in [1.165, 1.54) is 17.0 Å². The predicted molar refractivity (Wildman–Crippen MR) is 120 cm³/mol. The van der Waals surface area contributed by atoms with Crippen LogP contribution in [0.15, 0.2) is 24.3 Å². The van der Waals surface area contributed by atoms with Crippen molar-refractivity contribution < 1.29 is 32.6 Å². The molecule has 3 aliphatic heterocycles. The van der Waals surface area contributed by atoms with Crippen LogP contribution in [-0.2, 0) is 15.7 Å². The first-order chi connectivity index (χ1) is 16.6. The highest BCUT2D eigenvalue weighted by atomic mass is 19.4. The molecule has 5 rings (SSSR count). The van der Waals surface area contributed by atoms with Crippen molar-refractivity contribution in [2.24, 2.45) is 5.41 Å². The molecule has 4 atom stereocenters. The number of piperidine rings is 1. The lowest BCUT2D eigenvalue weighted by Gasteiger charge is -2.42. The number of hydrogen-bond acceptors (Lipinski definition) is 5. The second kappa shape index (κ2) is 8.94. The normalized spacial score (nSPS) is 30.5. The molecule has 1 aromatic rings. The van der Waals surface area contributed by atoms with Gasteiger partial charge in [-0.1, -0.05) is 6.07 Å². The highest BCUT2D eigenvalue weighted by Gasteiger charge is 2.51. The Balaban J connectivity index is 1.18. The second-order valence-corrected chi connectivity index (χ2v) is 10.2. The van der Waals surface area contributed by atoms with E-state index in [2.05, 4.69) is 10.2 Å². The van der Waals surface area contributed by atoms with Crippen LogP contribution in [0.3, 0.4) is 0 Å². The van der Waals surface area contributed by atoms with Gasteiger partial charge in [0.05, 0.1) is 30.9 Å². The SMILES string of the molecule is C[C@H]1C(=O)N2C(CN1C(=O)Nc1cccc(C(F)(F)F)c1)OC[C@@H]2CCN1CCC2(CC2)[C@H](O)C1. The summed E-state index contributed by atoms with van der Waals surface area (Å²) in [7, 11) is 0. The fourth-order valence-electron chi connectivity index (χ4n) is 5.56. The molecule has 11 heteroatoms. The zero-order valence-electron chi connectivity index (χ0n) is 19.6. The van der Waals surface area contributed by atoms with Gasteiger partial charge in [-0.15, -0.1) is 0 Å². The zero-order chi connectivity index (χ0) is 25.0. The Labute approximate surface area is 202 Å². The minimum atomic E-state index is -4.52. The molecule has 1 aliphatic carbocycles. The number of piperazine rings is 1. The summed E-state index contributed by atoms with van der Waals surface area (Å²) in [4.78, 5) is 31.3. The van der Waals surface area contributed by atoms with E-state index in [1.54, 1.807) is 11.8 Å². The van der Waals surface area contributed by atoms with E-state index in [0.717, 1.165) is 44.5 Å². The molecule has 1 aromatic carbocycles. The van der Waals surface area contributed by atoms with Gasteiger partial charge in [0.15, 0.2) is 6.23 Å². The van der Waals surface area contributed by atoms with Crippen LogP contribution in [0, 0.1) is 5.41 Å². The van der Waals surface area contributed by atoms with E-state index in [4.69, 9.17) is 4.74 Å². The monoisotopic (exact) mass is 496 g/mol. The van der Waals surface area contributed by atoms with Crippen molar-refractivity contribution >= 4 is 17.6 Å². The molecule has 0 radical (unpaired) electrons. The van der Waals surface area contributed by atoms with Crippen LogP contribution in [0.4, 0.5) is 23.7 Å². The first-order valence-corrected chi connectivity index (χ1v) is 12.2. The second-order valence-electron chi connectivity index (χ2n) is 10.2. The fraction of sp³-hybridized carbons (Fsp3) is 0.667. The number of carbonyl (C=O) groups is 2. The van der Waals surface area contributed by atoms with Crippen LogP contribution < -0.4 is 5.32 Å². The van der Waals surface area contributed by atoms with Crippen molar-refractivity contribution in [1.82, 2.24) is 14.7 Å². The van der Waals surface area contributed by atoms with Gasteiger partial charge in [0.1, 0.15) is 6.04 Å². The number of nitrogens with zero attached hydrogens (tertiary/aromatic N) is 3. The molecule has 8 nitrogen and oxygen atoms in total. The Morgan fingerprint density at radius 1 is 1.26 bits per heavy atom. The number of likely N-dealkylation sites (tertiary alicyclic amines) is 1. The third-order valence-electron chi connectivity index (χ3n) is 8.05. The van der Waals surface area contributed by atoms with Gasteiger partial charge >= 0.3 is 12.2 Å². The minimum Gasteiger partial charge on any atom is -0.391 e. The summed E-state index contributed by atoms with van der Waals surface area (Å²) in [6, 6.07) is 2.87. The van der Waals surface area contributed by atoms with Crippen LogP contribution in [0.25, 0.3) is 0 Å². The summed E-state index contributed by atoms with van der Waals surface area (Å²) in [6.45, 7) is 4.49. The van der Waals surface area contributed by atoms with Crippen molar-refractivity contribution in [3.05, 3.63) is 29.8 Å². The molecule has 192 valence electrons. The maximum absolute atomic E-state index is 13.2. The largest absolute Gasteiger partial charge is 0.416 e. The highest BCUT2D eigenvalue weighted by molar-refractivity contribution is 5.94.